The van der Waals surface area contributed by atoms with E-state index in [4.69, 9.17) is 0 Å². The van der Waals surface area contributed by atoms with Crippen LogP contribution in [0.2, 0.25) is 0 Å². The molecule has 0 saturated heterocycles. The molecule has 0 aliphatic rings. The van der Waals surface area contributed by atoms with Gasteiger partial charge in [0.1, 0.15) is 6.33 Å². The lowest BCUT2D eigenvalue weighted by Crippen LogP contribution is -1.92. The normalized spacial score (nSPS) is 10.2. The van der Waals surface area contributed by atoms with Gasteiger partial charge in [0.05, 0.1) is 11.9 Å². The van der Waals surface area contributed by atoms with Crippen LogP contribution < -0.4 is 5.32 Å². The Hall–Kier alpha value is -1.43. The van der Waals surface area contributed by atoms with Crippen molar-refractivity contribution in [2.24, 2.45) is 0 Å². The zero-order chi connectivity index (χ0) is 9.10. The fraction of sp³-hybridized carbons (Fsp3) is 0.286. The Morgan fingerprint density at radius 3 is 3.15 bits per heavy atom. The van der Waals surface area contributed by atoms with Crippen molar-refractivity contribution in [3.63, 3.8) is 0 Å². The van der Waals surface area contributed by atoms with Crippen LogP contribution >= 0.6 is 11.5 Å². The molecule has 0 radical (unpaired) electrons. The highest BCUT2D eigenvalue weighted by Gasteiger charge is 1.99. The largest absolute Gasteiger partial charge is 0.328 e. The summed E-state index contributed by atoms with van der Waals surface area (Å²) in [7, 11) is 0. The Balaban J connectivity index is 2.10. The first kappa shape index (κ1) is 8.18. The summed E-state index contributed by atoms with van der Waals surface area (Å²) < 4.78 is 5.74. The Labute approximate surface area is 79.6 Å². The van der Waals surface area contributed by atoms with Crippen LogP contribution in [-0.2, 0) is 6.54 Å². The van der Waals surface area contributed by atoms with Crippen LogP contribution in [0.3, 0.4) is 0 Å². The quantitative estimate of drug-likeness (QED) is 0.806. The minimum atomic E-state index is 0.788. The summed E-state index contributed by atoms with van der Waals surface area (Å²) >= 11 is 1.33. The van der Waals surface area contributed by atoms with Gasteiger partial charge in [-0.05, 0) is 6.92 Å². The van der Waals surface area contributed by atoms with Crippen LogP contribution in [0.4, 0.5) is 10.8 Å². The van der Waals surface area contributed by atoms with Gasteiger partial charge in [-0.15, -0.1) is 0 Å². The molecule has 6 heteroatoms. The van der Waals surface area contributed by atoms with Gasteiger partial charge in [-0.2, -0.15) is 9.47 Å². The van der Waals surface area contributed by atoms with Crippen molar-refractivity contribution in [1.82, 2.24) is 19.1 Å². The maximum absolute atomic E-state index is 4.13. The molecule has 0 atom stereocenters. The monoisotopic (exact) mass is 195 g/mol. The first-order valence-electron chi connectivity index (χ1n) is 3.94. The van der Waals surface area contributed by atoms with Gasteiger partial charge in [0.15, 0.2) is 0 Å². The molecule has 0 saturated carbocycles. The lowest BCUT2D eigenvalue weighted by Gasteiger charge is -1.94. The minimum absolute atomic E-state index is 0.788. The number of anilines is 2. The summed E-state index contributed by atoms with van der Waals surface area (Å²) in [5.41, 5.74) is 0.943. The maximum Gasteiger partial charge on any atom is 0.206 e. The van der Waals surface area contributed by atoms with Gasteiger partial charge in [0.2, 0.25) is 5.13 Å². The summed E-state index contributed by atoms with van der Waals surface area (Å²) in [5, 5.41) is 8.01. The van der Waals surface area contributed by atoms with Crippen molar-refractivity contribution in [1.29, 1.82) is 0 Å². The highest BCUT2D eigenvalue weighted by atomic mass is 32.1. The number of aromatic nitrogens is 4. The predicted octanol–water partition coefficient (Wildman–Crippen LogP) is 1.50. The lowest BCUT2D eigenvalue weighted by molar-refractivity contribution is 0.660. The molecule has 0 spiro atoms. The molecule has 1 N–H and O–H groups in total. The summed E-state index contributed by atoms with van der Waals surface area (Å²) in [5.74, 6) is 0. The topological polar surface area (TPSA) is 55.6 Å². The summed E-state index contributed by atoms with van der Waals surface area (Å²) in [6.45, 7) is 2.92. The van der Waals surface area contributed by atoms with Gasteiger partial charge in [0.25, 0.3) is 0 Å². The minimum Gasteiger partial charge on any atom is -0.328 e. The predicted molar refractivity (Wildman–Crippen MR) is 51.1 cm³/mol. The van der Waals surface area contributed by atoms with Crippen molar-refractivity contribution in [2.45, 2.75) is 13.5 Å². The molecule has 0 aromatic carbocycles. The van der Waals surface area contributed by atoms with Crippen molar-refractivity contribution in [3.05, 3.63) is 18.7 Å². The van der Waals surface area contributed by atoms with Gasteiger partial charge >= 0.3 is 0 Å². The molecule has 5 nitrogen and oxygen atoms in total. The van der Waals surface area contributed by atoms with E-state index < -0.39 is 0 Å². The van der Waals surface area contributed by atoms with Crippen LogP contribution in [0.5, 0.6) is 0 Å². The van der Waals surface area contributed by atoms with Crippen molar-refractivity contribution < 1.29 is 0 Å². The number of nitrogens with zero attached hydrogens (tertiary/aromatic N) is 4. The molecular weight excluding hydrogens is 186 g/mol. The maximum atomic E-state index is 4.13. The number of hydrogen-bond acceptors (Lipinski definition) is 5. The summed E-state index contributed by atoms with van der Waals surface area (Å²) in [6, 6.07) is 0. The zero-order valence-corrected chi connectivity index (χ0v) is 7.95. The summed E-state index contributed by atoms with van der Waals surface area (Å²) in [4.78, 5) is 4.01. The van der Waals surface area contributed by atoms with Crippen molar-refractivity contribution >= 4 is 22.4 Å². The number of rotatable bonds is 3. The van der Waals surface area contributed by atoms with Gasteiger partial charge in [-0.1, -0.05) is 0 Å². The van der Waals surface area contributed by atoms with Crippen LogP contribution in [0.15, 0.2) is 18.7 Å². The molecule has 0 aliphatic carbocycles. The Morgan fingerprint density at radius 1 is 1.62 bits per heavy atom. The van der Waals surface area contributed by atoms with E-state index in [1.807, 2.05) is 17.8 Å². The smallest absolute Gasteiger partial charge is 0.206 e. The molecule has 2 heterocycles. The molecule has 0 fully saturated rings. The third kappa shape index (κ3) is 1.83. The number of nitrogens with one attached hydrogen (secondary N) is 1. The second kappa shape index (κ2) is 3.53. The van der Waals surface area contributed by atoms with E-state index in [1.54, 1.807) is 6.20 Å². The molecule has 0 aliphatic heterocycles. The molecule has 2 aromatic heterocycles. The number of hydrogen-bond donors (Lipinski definition) is 1. The molecular formula is C7H9N5S. The Morgan fingerprint density at radius 2 is 2.54 bits per heavy atom. The van der Waals surface area contributed by atoms with Crippen LogP contribution in [0.25, 0.3) is 0 Å². The van der Waals surface area contributed by atoms with Gasteiger partial charge in [-0.25, -0.2) is 4.98 Å². The average molecular weight is 195 g/mol. The van der Waals surface area contributed by atoms with E-state index in [2.05, 4.69) is 19.8 Å². The molecule has 2 aromatic rings. The Kier molecular flexibility index (Phi) is 2.22. The van der Waals surface area contributed by atoms with Crippen molar-refractivity contribution in [3.8, 4) is 0 Å². The highest BCUT2D eigenvalue weighted by molar-refractivity contribution is 7.09. The summed E-state index contributed by atoms with van der Waals surface area (Å²) in [6.07, 6.45) is 5.23. The molecule has 2 rings (SSSR count). The first-order valence-corrected chi connectivity index (χ1v) is 4.72. The molecule has 13 heavy (non-hydrogen) atoms. The zero-order valence-electron chi connectivity index (χ0n) is 7.14. The van der Waals surface area contributed by atoms with Crippen LogP contribution in [0, 0.1) is 0 Å². The van der Waals surface area contributed by atoms with E-state index in [1.165, 1.54) is 17.9 Å². The van der Waals surface area contributed by atoms with Crippen LogP contribution in [-0.4, -0.2) is 19.1 Å². The Bertz CT molecular complexity index is 366. The van der Waals surface area contributed by atoms with E-state index in [9.17, 15) is 0 Å². The SMILES string of the molecule is CCn1cc(Nc2ncns2)cn1. The standard InChI is InChI=1S/C7H9N5S/c1-2-12-4-6(3-9-12)11-7-8-5-10-13-7/h3-5H,2H2,1H3,(H,8,10,11). The van der Waals surface area contributed by atoms with Gasteiger partial charge in [0, 0.05) is 24.3 Å². The lowest BCUT2D eigenvalue weighted by atomic mass is 10.6. The second-order valence-corrected chi connectivity index (χ2v) is 3.24. The molecule has 0 amide bonds. The fourth-order valence-electron chi connectivity index (χ4n) is 0.953. The number of aryl methyl sites for hydroxylation is 1. The first-order chi connectivity index (χ1) is 6.38. The van der Waals surface area contributed by atoms with E-state index in [-0.39, 0.29) is 0 Å². The average Bonchev–Trinajstić information content (AvgIpc) is 2.76. The van der Waals surface area contributed by atoms with E-state index in [0.717, 1.165) is 17.4 Å². The van der Waals surface area contributed by atoms with Gasteiger partial charge in [-0.3, -0.25) is 4.68 Å². The fourth-order valence-corrected chi connectivity index (χ4v) is 1.40. The second-order valence-electron chi connectivity index (χ2n) is 2.46. The van der Waals surface area contributed by atoms with E-state index in [0.29, 0.717) is 0 Å². The third-order valence-corrected chi connectivity index (χ3v) is 2.15. The van der Waals surface area contributed by atoms with E-state index >= 15 is 0 Å². The van der Waals surface area contributed by atoms with Gasteiger partial charge < -0.3 is 5.32 Å². The third-order valence-electron chi connectivity index (χ3n) is 1.57. The molecule has 0 unspecified atom stereocenters. The van der Waals surface area contributed by atoms with Crippen molar-refractivity contribution in [2.75, 3.05) is 5.32 Å². The highest BCUT2D eigenvalue weighted by Crippen LogP contribution is 2.15. The molecule has 0 bridgehead atoms. The molecule has 68 valence electrons. The van der Waals surface area contributed by atoms with Crippen LogP contribution in [0.1, 0.15) is 6.92 Å².